The van der Waals surface area contributed by atoms with Crippen LogP contribution in [-0.4, -0.2) is 23.5 Å². The number of hydrogen-bond donors (Lipinski definition) is 2. The normalized spacial score (nSPS) is 19.9. The maximum atomic E-state index is 12.0. The van der Waals surface area contributed by atoms with Crippen LogP contribution < -0.4 is 11.1 Å². The molecule has 1 atom stereocenters. The maximum absolute atomic E-state index is 12.0. The van der Waals surface area contributed by atoms with Gasteiger partial charge in [-0.25, -0.2) is 0 Å². The molecule has 0 aromatic heterocycles. The standard InChI is InChI=1S/C13H18N2OS/c1-9-7-10(4-5-12(9)14)13(16)15-11-3-2-6-17-8-11/h4-5,7,11H,2-3,6,8,14H2,1H3,(H,15,16). The number of rotatable bonds is 2. The number of hydrogen-bond acceptors (Lipinski definition) is 3. The van der Waals surface area contributed by atoms with Crippen LogP contribution >= 0.6 is 11.8 Å². The number of carbonyl (C=O) groups excluding carboxylic acids is 1. The molecule has 0 aliphatic carbocycles. The minimum atomic E-state index is 0.0144. The quantitative estimate of drug-likeness (QED) is 0.791. The molecular weight excluding hydrogens is 232 g/mol. The van der Waals surface area contributed by atoms with Crippen LogP contribution in [0.25, 0.3) is 0 Å². The van der Waals surface area contributed by atoms with Crippen LogP contribution in [0.3, 0.4) is 0 Å². The summed E-state index contributed by atoms with van der Waals surface area (Å²) in [5, 5.41) is 3.08. The molecule has 1 aromatic carbocycles. The number of carbonyl (C=O) groups is 1. The lowest BCUT2D eigenvalue weighted by atomic mass is 10.1. The fourth-order valence-corrected chi connectivity index (χ4v) is 3.01. The Labute approximate surface area is 106 Å². The zero-order valence-electron chi connectivity index (χ0n) is 10.0. The summed E-state index contributed by atoms with van der Waals surface area (Å²) in [7, 11) is 0. The molecule has 4 heteroatoms. The van der Waals surface area contributed by atoms with Crippen molar-refractivity contribution in [3.05, 3.63) is 29.3 Å². The van der Waals surface area contributed by atoms with Gasteiger partial charge in [-0.3, -0.25) is 4.79 Å². The van der Waals surface area contributed by atoms with Gasteiger partial charge < -0.3 is 11.1 Å². The Hall–Kier alpha value is -1.16. The molecule has 1 saturated heterocycles. The topological polar surface area (TPSA) is 55.1 Å². The van der Waals surface area contributed by atoms with Crippen LogP contribution in [0.2, 0.25) is 0 Å². The van der Waals surface area contributed by atoms with Gasteiger partial charge in [0, 0.05) is 23.0 Å². The number of amides is 1. The second kappa shape index (κ2) is 5.45. The van der Waals surface area contributed by atoms with Gasteiger partial charge in [-0.05, 0) is 49.3 Å². The summed E-state index contributed by atoms with van der Waals surface area (Å²) in [6, 6.07) is 5.74. The molecule has 17 heavy (non-hydrogen) atoms. The Balaban J connectivity index is 2.01. The van der Waals surface area contributed by atoms with E-state index >= 15 is 0 Å². The summed E-state index contributed by atoms with van der Waals surface area (Å²) in [4.78, 5) is 12.0. The van der Waals surface area contributed by atoms with Crippen molar-refractivity contribution >= 4 is 23.4 Å². The Kier molecular flexibility index (Phi) is 3.94. The molecule has 1 amide bonds. The van der Waals surface area contributed by atoms with E-state index in [1.807, 2.05) is 24.8 Å². The van der Waals surface area contributed by atoms with Gasteiger partial charge in [-0.2, -0.15) is 11.8 Å². The van der Waals surface area contributed by atoms with Crippen molar-refractivity contribution < 1.29 is 4.79 Å². The first kappa shape index (κ1) is 12.3. The number of nitrogens with two attached hydrogens (primary N) is 1. The van der Waals surface area contributed by atoms with Gasteiger partial charge in [-0.1, -0.05) is 0 Å². The second-order valence-corrected chi connectivity index (χ2v) is 5.61. The third kappa shape index (κ3) is 3.16. The van der Waals surface area contributed by atoms with Crippen LogP contribution in [0.5, 0.6) is 0 Å². The van der Waals surface area contributed by atoms with Crippen molar-refractivity contribution in [2.24, 2.45) is 0 Å². The van der Waals surface area contributed by atoms with Crippen molar-refractivity contribution in [1.29, 1.82) is 0 Å². The van der Waals surface area contributed by atoms with Gasteiger partial charge in [-0.15, -0.1) is 0 Å². The van der Waals surface area contributed by atoms with Gasteiger partial charge in [0.1, 0.15) is 0 Å². The van der Waals surface area contributed by atoms with E-state index in [1.165, 1.54) is 12.2 Å². The zero-order chi connectivity index (χ0) is 12.3. The highest BCUT2D eigenvalue weighted by Crippen LogP contribution is 2.18. The molecule has 0 saturated carbocycles. The number of nitrogen functional groups attached to an aromatic ring is 1. The van der Waals surface area contributed by atoms with E-state index in [1.54, 1.807) is 12.1 Å². The Morgan fingerprint density at radius 1 is 1.53 bits per heavy atom. The van der Waals surface area contributed by atoms with Gasteiger partial charge >= 0.3 is 0 Å². The Morgan fingerprint density at radius 2 is 2.35 bits per heavy atom. The van der Waals surface area contributed by atoms with Crippen molar-refractivity contribution in [3.8, 4) is 0 Å². The SMILES string of the molecule is Cc1cc(C(=O)NC2CCCSC2)ccc1N. The third-order valence-corrected chi connectivity index (χ3v) is 4.24. The third-order valence-electron chi connectivity index (χ3n) is 3.03. The van der Waals surface area contributed by atoms with Gasteiger partial charge in [0.15, 0.2) is 0 Å². The summed E-state index contributed by atoms with van der Waals surface area (Å²) in [5.41, 5.74) is 8.12. The Bertz CT molecular complexity index is 414. The summed E-state index contributed by atoms with van der Waals surface area (Å²) in [5.74, 6) is 2.26. The summed E-state index contributed by atoms with van der Waals surface area (Å²) >= 11 is 1.91. The highest BCUT2D eigenvalue weighted by atomic mass is 32.2. The van der Waals surface area contributed by atoms with Crippen molar-refractivity contribution in [2.45, 2.75) is 25.8 Å². The van der Waals surface area contributed by atoms with Gasteiger partial charge in [0.25, 0.3) is 5.91 Å². The number of benzene rings is 1. The smallest absolute Gasteiger partial charge is 0.251 e. The van der Waals surface area contributed by atoms with Crippen molar-refractivity contribution in [2.75, 3.05) is 17.2 Å². The molecule has 3 nitrogen and oxygen atoms in total. The summed E-state index contributed by atoms with van der Waals surface area (Å²) in [6.07, 6.45) is 2.28. The van der Waals surface area contributed by atoms with Crippen LogP contribution in [0, 0.1) is 6.92 Å². The molecule has 1 heterocycles. The lowest BCUT2D eigenvalue weighted by Crippen LogP contribution is -2.38. The van der Waals surface area contributed by atoms with Crippen molar-refractivity contribution in [1.82, 2.24) is 5.32 Å². The van der Waals surface area contributed by atoms with E-state index in [2.05, 4.69) is 5.32 Å². The largest absolute Gasteiger partial charge is 0.399 e. The predicted octanol–water partition coefficient (Wildman–Crippen LogP) is 2.20. The number of thioether (sulfide) groups is 1. The average Bonchev–Trinajstić information content (AvgIpc) is 2.34. The number of aryl methyl sites for hydroxylation is 1. The fourth-order valence-electron chi connectivity index (χ4n) is 1.94. The van der Waals surface area contributed by atoms with E-state index in [4.69, 9.17) is 5.73 Å². The molecule has 1 fully saturated rings. The summed E-state index contributed by atoms with van der Waals surface area (Å²) < 4.78 is 0. The second-order valence-electron chi connectivity index (χ2n) is 4.46. The van der Waals surface area contributed by atoms with E-state index in [-0.39, 0.29) is 5.91 Å². The molecule has 3 N–H and O–H groups in total. The molecule has 1 aromatic rings. The lowest BCUT2D eigenvalue weighted by Gasteiger charge is -2.22. The van der Waals surface area contributed by atoms with Crippen LogP contribution in [-0.2, 0) is 0 Å². The van der Waals surface area contributed by atoms with E-state index in [0.717, 1.165) is 23.4 Å². The van der Waals surface area contributed by atoms with E-state index < -0.39 is 0 Å². The first-order valence-electron chi connectivity index (χ1n) is 5.91. The van der Waals surface area contributed by atoms with Crippen LogP contribution in [0.1, 0.15) is 28.8 Å². The maximum Gasteiger partial charge on any atom is 0.251 e. The molecule has 1 aliphatic rings. The van der Waals surface area contributed by atoms with Gasteiger partial charge in [0.2, 0.25) is 0 Å². The number of anilines is 1. The first-order chi connectivity index (χ1) is 8.16. The molecular formula is C13H18N2OS. The van der Waals surface area contributed by atoms with Crippen LogP contribution in [0.15, 0.2) is 18.2 Å². The summed E-state index contributed by atoms with van der Waals surface area (Å²) in [6.45, 7) is 1.92. The van der Waals surface area contributed by atoms with E-state index in [9.17, 15) is 4.79 Å². The molecule has 1 aliphatic heterocycles. The molecule has 2 rings (SSSR count). The minimum absolute atomic E-state index is 0.0144. The molecule has 0 radical (unpaired) electrons. The molecule has 0 bridgehead atoms. The zero-order valence-corrected chi connectivity index (χ0v) is 10.8. The van der Waals surface area contributed by atoms with Gasteiger partial charge in [0.05, 0.1) is 0 Å². The van der Waals surface area contributed by atoms with Crippen molar-refractivity contribution in [3.63, 3.8) is 0 Å². The molecule has 92 valence electrons. The number of nitrogens with one attached hydrogen (secondary N) is 1. The first-order valence-corrected chi connectivity index (χ1v) is 7.07. The lowest BCUT2D eigenvalue weighted by molar-refractivity contribution is 0.0938. The highest BCUT2D eigenvalue weighted by Gasteiger charge is 2.17. The fraction of sp³-hybridized carbons (Fsp3) is 0.462. The predicted molar refractivity (Wildman–Crippen MR) is 73.4 cm³/mol. The average molecular weight is 250 g/mol. The van der Waals surface area contributed by atoms with E-state index in [0.29, 0.717) is 11.6 Å². The Morgan fingerprint density at radius 3 is 3.00 bits per heavy atom. The highest BCUT2D eigenvalue weighted by molar-refractivity contribution is 7.99. The molecule has 1 unspecified atom stereocenters. The monoisotopic (exact) mass is 250 g/mol. The minimum Gasteiger partial charge on any atom is -0.399 e. The molecule has 0 spiro atoms. The van der Waals surface area contributed by atoms with Crippen LogP contribution in [0.4, 0.5) is 5.69 Å².